The minimum Gasteiger partial charge on any atom is -0.446 e. The Hall–Kier alpha value is -3.95. The summed E-state index contributed by atoms with van der Waals surface area (Å²) >= 11 is 0. The second-order valence-corrected chi connectivity index (χ2v) is 14.6. The Balaban J connectivity index is 1.20. The predicted molar refractivity (Wildman–Crippen MR) is 173 cm³/mol. The molecule has 46 heavy (non-hydrogen) atoms. The van der Waals surface area contributed by atoms with E-state index in [1.165, 1.54) is 24.1 Å². The lowest BCUT2D eigenvalue weighted by Crippen LogP contribution is -2.64. The van der Waals surface area contributed by atoms with Gasteiger partial charge in [-0.3, -0.25) is 9.58 Å². The highest BCUT2D eigenvalue weighted by molar-refractivity contribution is 7.91. The number of aromatic nitrogens is 2. The zero-order chi connectivity index (χ0) is 33.0. The van der Waals surface area contributed by atoms with E-state index in [0.717, 1.165) is 30.5 Å². The Morgan fingerprint density at radius 3 is 2.39 bits per heavy atom. The lowest BCUT2D eigenvalue weighted by atomic mass is 9.64. The molecule has 1 amide bonds. The molecule has 5 rings (SSSR count). The molecule has 0 aliphatic carbocycles. The summed E-state index contributed by atoms with van der Waals surface area (Å²) in [5, 5.41) is 17.2. The third-order valence-electron chi connectivity index (χ3n) is 9.37. The van der Waals surface area contributed by atoms with E-state index in [1.54, 1.807) is 31.3 Å². The van der Waals surface area contributed by atoms with Crippen LogP contribution >= 0.6 is 0 Å². The van der Waals surface area contributed by atoms with Crippen molar-refractivity contribution in [1.82, 2.24) is 20.0 Å². The Labute approximate surface area is 271 Å². The van der Waals surface area contributed by atoms with Gasteiger partial charge in [-0.2, -0.15) is 10.4 Å². The number of nitrogens with zero attached hydrogens (tertiary/aromatic N) is 5. The largest absolute Gasteiger partial charge is 0.446 e. The molecule has 1 N–H and O–H groups in total. The van der Waals surface area contributed by atoms with E-state index >= 15 is 4.39 Å². The van der Waals surface area contributed by atoms with Gasteiger partial charge in [-0.25, -0.2) is 17.6 Å². The Morgan fingerprint density at radius 1 is 1.15 bits per heavy atom. The molecule has 246 valence electrons. The number of rotatable bonds is 12. The van der Waals surface area contributed by atoms with Crippen LogP contribution in [0.4, 0.5) is 14.9 Å². The smallest absolute Gasteiger partial charge is 0.407 e. The number of ether oxygens (including phenoxy) is 1. The molecule has 12 heteroatoms. The fraction of sp³-hybridized carbons (Fsp3) is 0.500. The van der Waals surface area contributed by atoms with Gasteiger partial charge < -0.3 is 15.0 Å². The van der Waals surface area contributed by atoms with Gasteiger partial charge in [0.25, 0.3) is 0 Å². The van der Waals surface area contributed by atoms with E-state index in [1.807, 2.05) is 42.2 Å². The SMILES string of the molecule is CCC[C@H](CC(C#N)(c1ccccc1)C1CCN(CC2(F)CN(c3ccc(S(=O)(=O)c4cnn(C)c4)cc3)C2)CC1)OC(=O)NC. The van der Waals surface area contributed by atoms with Crippen LogP contribution in [0.25, 0.3) is 0 Å². The van der Waals surface area contributed by atoms with Crippen molar-refractivity contribution < 1.29 is 22.3 Å². The van der Waals surface area contributed by atoms with Crippen molar-refractivity contribution in [3.63, 3.8) is 0 Å². The minimum atomic E-state index is -3.67. The van der Waals surface area contributed by atoms with Gasteiger partial charge in [0.1, 0.15) is 11.0 Å². The van der Waals surface area contributed by atoms with E-state index < -0.39 is 33.1 Å². The molecule has 2 aliphatic rings. The summed E-state index contributed by atoms with van der Waals surface area (Å²) < 4.78 is 48.8. The van der Waals surface area contributed by atoms with Crippen molar-refractivity contribution in [2.24, 2.45) is 13.0 Å². The van der Waals surface area contributed by atoms with Gasteiger partial charge in [0, 0.05) is 38.9 Å². The molecule has 3 aromatic rings. The molecule has 2 saturated heterocycles. The van der Waals surface area contributed by atoms with Crippen molar-refractivity contribution in [2.45, 2.75) is 66.0 Å². The van der Waals surface area contributed by atoms with Crippen LogP contribution in [0.2, 0.25) is 0 Å². The Morgan fingerprint density at radius 2 is 1.83 bits per heavy atom. The fourth-order valence-electron chi connectivity index (χ4n) is 6.97. The lowest BCUT2D eigenvalue weighted by Gasteiger charge is -2.49. The highest BCUT2D eigenvalue weighted by atomic mass is 32.2. The number of sulfone groups is 1. The van der Waals surface area contributed by atoms with Crippen molar-refractivity contribution >= 4 is 21.6 Å². The quantitative estimate of drug-likeness (QED) is 0.295. The highest BCUT2D eigenvalue weighted by Gasteiger charge is 2.48. The summed E-state index contributed by atoms with van der Waals surface area (Å²) in [6.07, 6.45) is 5.24. The van der Waals surface area contributed by atoms with E-state index in [-0.39, 0.29) is 28.8 Å². The first kappa shape index (κ1) is 33.4. The molecule has 2 fully saturated rings. The number of anilines is 1. The summed E-state index contributed by atoms with van der Waals surface area (Å²) in [7, 11) is -0.476. The second-order valence-electron chi connectivity index (χ2n) is 12.6. The van der Waals surface area contributed by atoms with Crippen LogP contribution in [0.1, 0.15) is 44.6 Å². The number of alkyl carbamates (subject to hydrolysis) is 1. The van der Waals surface area contributed by atoms with E-state index in [2.05, 4.69) is 21.4 Å². The number of carbonyl (C=O) groups is 1. The number of nitrogens with one attached hydrogen (secondary N) is 1. The number of benzene rings is 2. The number of piperidine rings is 1. The summed E-state index contributed by atoms with van der Waals surface area (Å²) in [4.78, 5) is 16.5. The number of carbonyl (C=O) groups excluding carboxylic acids is 1. The van der Waals surface area contributed by atoms with Crippen LogP contribution in [-0.2, 0) is 27.0 Å². The highest BCUT2D eigenvalue weighted by Crippen LogP contribution is 2.44. The van der Waals surface area contributed by atoms with E-state index in [9.17, 15) is 18.5 Å². The number of hydrogen-bond donors (Lipinski definition) is 1. The molecule has 0 radical (unpaired) electrons. The number of amides is 1. The van der Waals surface area contributed by atoms with Crippen molar-refractivity contribution in [3.8, 4) is 6.07 Å². The maximum Gasteiger partial charge on any atom is 0.407 e. The number of halogens is 1. The first-order valence-corrected chi connectivity index (χ1v) is 17.4. The number of likely N-dealkylation sites (tertiary alicyclic amines) is 1. The van der Waals surface area contributed by atoms with E-state index in [0.29, 0.717) is 32.5 Å². The van der Waals surface area contributed by atoms with Gasteiger partial charge in [-0.05, 0) is 68.1 Å². The molecule has 0 bridgehead atoms. The van der Waals surface area contributed by atoms with Crippen LogP contribution in [0, 0.1) is 17.2 Å². The molecule has 1 aromatic heterocycles. The van der Waals surface area contributed by atoms with Crippen LogP contribution in [0.5, 0.6) is 0 Å². The van der Waals surface area contributed by atoms with Crippen LogP contribution in [0.3, 0.4) is 0 Å². The fourth-order valence-corrected chi connectivity index (χ4v) is 8.21. The van der Waals surface area contributed by atoms with Gasteiger partial charge in [-0.15, -0.1) is 0 Å². The molecule has 0 spiro atoms. The second kappa shape index (κ2) is 13.8. The number of nitriles is 1. The maximum atomic E-state index is 15.9. The zero-order valence-electron chi connectivity index (χ0n) is 26.7. The average Bonchev–Trinajstić information content (AvgIpc) is 3.50. The molecular weight excluding hydrogens is 607 g/mol. The lowest BCUT2D eigenvalue weighted by molar-refractivity contribution is 0.0321. The first-order chi connectivity index (χ1) is 22.0. The van der Waals surface area contributed by atoms with Crippen LogP contribution in [-0.4, -0.2) is 80.7 Å². The monoisotopic (exact) mass is 650 g/mol. The predicted octanol–water partition coefficient (Wildman–Crippen LogP) is 4.87. The molecule has 2 atom stereocenters. The van der Waals surface area contributed by atoms with Crippen LogP contribution in [0.15, 0.2) is 76.8 Å². The molecule has 0 saturated carbocycles. The third kappa shape index (κ3) is 7.05. The molecular formula is C34H43FN6O4S. The molecule has 3 heterocycles. The Bertz CT molecular complexity index is 1630. The van der Waals surface area contributed by atoms with Crippen LogP contribution < -0.4 is 10.2 Å². The van der Waals surface area contributed by atoms with E-state index in [4.69, 9.17) is 4.74 Å². The third-order valence-corrected chi connectivity index (χ3v) is 11.1. The average molecular weight is 651 g/mol. The molecule has 10 nitrogen and oxygen atoms in total. The van der Waals surface area contributed by atoms with Gasteiger partial charge >= 0.3 is 6.09 Å². The molecule has 1 unspecified atom stereocenters. The summed E-state index contributed by atoms with van der Waals surface area (Å²) in [5.41, 5.74) is -0.515. The molecule has 2 aromatic carbocycles. The summed E-state index contributed by atoms with van der Waals surface area (Å²) in [5.74, 6) is 0.0266. The standard InChI is InChI=1S/C34H43FN6O4S/c1-4-8-29(45-32(42)37-2)19-34(22-36,26-9-6-5-7-10-26)27-15-17-40(18-16-27)23-33(35)24-41(25-33)28-11-13-30(14-12-28)46(43,44)31-20-38-39(3)21-31/h5-7,9-14,20-21,27,29H,4,8,15-19,23-25H2,1-3H3,(H,37,42)/t29-,34?/m1/s1. The van der Waals surface area contributed by atoms with Gasteiger partial charge in [0.2, 0.25) is 9.84 Å². The van der Waals surface area contributed by atoms with Gasteiger partial charge in [0.05, 0.1) is 35.7 Å². The van der Waals surface area contributed by atoms with Crippen molar-refractivity contribution in [3.05, 3.63) is 72.6 Å². The maximum absolute atomic E-state index is 15.9. The van der Waals surface area contributed by atoms with Crippen molar-refractivity contribution in [1.29, 1.82) is 5.26 Å². The van der Waals surface area contributed by atoms with Crippen molar-refractivity contribution in [2.75, 3.05) is 44.7 Å². The topological polar surface area (TPSA) is 121 Å². The molecule has 2 aliphatic heterocycles. The van der Waals surface area contributed by atoms with Gasteiger partial charge in [0.15, 0.2) is 5.67 Å². The first-order valence-electron chi connectivity index (χ1n) is 15.9. The summed E-state index contributed by atoms with van der Waals surface area (Å²) in [6.45, 7) is 4.12. The normalized spacial score (nSPS) is 19.0. The zero-order valence-corrected chi connectivity index (χ0v) is 27.5. The minimum absolute atomic E-state index is 0.0266. The number of alkyl halides is 1. The number of hydrogen-bond acceptors (Lipinski definition) is 8. The Kier molecular flexibility index (Phi) is 10.0. The summed E-state index contributed by atoms with van der Waals surface area (Å²) in [6, 6.07) is 19.0. The number of aryl methyl sites for hydroxylation is 1. The van der Waals surface area contributed by atoms with Gasteiger partial charge in [-0.1, -0.05) is 43.7 Å².